The van der Waals surface area contributed by atoms with E-state index >= 15 is 0 Å². The van der Waals surface area contributed by atoms with E-state index in [0.29, 0.717) is 23.0 Å². The third-order valence-corrected chi connectivity index (χ3v) is 3.07. The minimum absolute atomic E-state index is 0.0827. The highest BCUT2D eigenvalue weighted by Gasteiger charge is 2.15. The number of aromatic carboxylic acids is 1. The largest absolute Gasteiger partial charge is 0.493 e. The lowest BCUT2D eigenvalue weighted by Crippen LogP contribution is -1.98. The number of carboxylic acids is 1. The highest BCUT2D eigenvalue weighted by atomic mass is 35.5. The van der Waals surface area contributed by atoms with Crippen molar-refractivity contribution in [3.05, 3.63) is 47.0 Å². The van der Waals surface area contributed by atoms with E-state index in [1.807, 2.05) is 0 Å². The Morgan fingerprint density at radius 2 is 1.67 bits per heavy atom. The fourth-order valence-corrected chi connectivity index (χ4v) is 1.96. The van der Waals surface area contributed by atoms with Crippen LogP contribution in [0.1, 0.15) is 10.4 Å². The van der Waals surface area contributed by atoms with E-state index in [9.17, 15) is 4.79 Å². The zero-order chi connectivity index (χ0) is 15.4. The number of rotatable bonds is 5. The molecule has 110 valence electrons. The molecule has 6 heteroatoms. The van der Waals surface area contributed by atoms with E-state index in [0.717, 1.165) is 0 Å². The molecule has 0 heterocycles. The fourth-order valence-electron chi connectivity index (χ4n) is 1.74. The van der Waals surface area contributed by atoms with Crippen LogP contribution in [0.4, 0.5) is 0 Å². The third kappa shape index (κ3) is 3.20. The van der Waals surface area contributed by atoms with E-state index in [4.69, 9.17) is 30.9 Å². The second-order valence-corrected chi connectivity index (χ2v) is 4.45. The van der Waals surface area contributed by atoms with Crippen molar-refractivity contribution in [2.75, 3.05) is 14.2 Å². The highest BCUT2D eigenvalue weighted by Crippen LogP contribution is 2.41. The summed E-state index contributed by atoms with van der Waals surface area (Å²) >= 11 is 6.04. The number of halogens is 1. The lowest BCUT2D eigenvalue weighted by molar-refractivity contribution is 0.0697. The SMILES string of the molecule is COc1cccc(OC)c1Oc1ccc(C(=O)O)cc1Cl. The number of hydrogen-bond donors (Lipinski definition) is 1. The van der Waals surface area contributed by atoms with E-state index < -0.39 is 5.97 Å². The topological polar surface area (TPSA) is 65.0 Å². The summed E-state index contributed by atoms with van der Waals surface area (Å²) in [5.41, 5.74) is 0.0827. The third-order valence-electron chi connectivity index (χ3n) is 2.77. The Kier molecular flexibility index (Phi) is 4.55. The molecule has 0 aliphatic heterocycles. The van der Waals surface area contributed by atoms with Gasteiger partial charge in [-0.3, -0.25) is 0 Å². The smallest absolute Gasteiger partial charge is 0.335 e. The van der Waals surface area contributed by atoms with Crippen molar-refractivity contribution < 1.29 is 24.1 Å². The summed E-state index contributed by atoms with van der Waals surface area (Å²) in [6.45, 7) is 0. The van der Waals surface area contributed by atoms with Crippen LogP contribution in [-0.2, 0) is 0 Å². The molecular formula is C15H13ClO5. The van der Waals surface area contributed by atoms with Crippen molar-refractivity contribution in [2.45, 2.75) is 0 Å². The summed E-state index contributed by atoms with van der Waals surface area (Å²) in [5.74, 6) is 0.579. The highest BCUT2D eigenvalue weighted by molar-refractivity contribution is 6.32. The molecule has 2 aromatic rings. The first-order valence-electron chi connectivity index (χ1n) is 5.98. The van der Waals surface area contributed by atoms with Crippen LogP contribution in [-0.4, -0.2) is 25.3 Å². The number of benzene rings is 2. The lowest BCUT2D eigenvalue weighted by atomic mass is 10.2. The van der Waals surface area contributed by atoms with Crippen LogP contribution >= 0.6 is 11.6 Å². The van der Waals surface area contributed by atoms with Gasteiger partial charge in [0.05, 0.1) is 24.8 Å². The minimum Gasteiger partial charge on any atom is -0.493 e. The van der Waals surface area contributed by atoms with Gasteiger partial charge in [-0.2, -0.15) is 0 Å². The van der Waals surface area contributed by atoms with Crippen LogP contribution in [0.15, 0.2) is 36.4 Å². The molecule has 0 spiro atoms. The van der Waals surface area contributed by atoms with Crippen molar-refractivity contribution in [2.24, 2.45) is 0 Å². The number of carboxylic acid groups (broad SMARTS) is 1. The molecular weight excluding hydrogens is 296 g/mol. The van der Waals surface area contributed by atoms with Gasteiger partial charge in [0.1, 0.15) is 5.75 Å². The molecule has 2 aromatic carbocycles. The lowest BCUT2D eigenvalue weighted by Gasteiger charge is -2.14. The maximum atomic E-state index is 10.9. The molecule has 0 radical (unpaired) electrons. The van der Waals surface area contributed by atoms with Gasteiger partial charge in [-0.05, 0) is 30.3 Å². The average molecular weight is 309 g/mol. The van der Waals surface area contributed by atoms with Gasteiger partial charge < -0.3 is 19.3 Å². The van der Waals surface area contributed by atoms with E-state index in [-0.39, 0.29) is 10.6 Å². The van der Waals surface area contributed by atoms with Crippen LogP contribution in [0.3, 0.4) is 0 Å². The Balaban J connectivity index is 2.40. The maximum absolute atomic E-state index is 10.9. The summed E-state index contributed by atoms with van der Waals surface area (Å²) in [6.07, 6.45) is 0. The Morgan fingerprint density at radius 3 is 2.14 bits per heavy atom. The molecule has 0 atom stereocenters. The van der Waals surface area contributed by atoms with Gasteiger partial charge in [0.2, 0.25) is 5.75 Å². The molecule has 0 aromatic heterocycles. The Bertz CT molecular complexity index is 647. The minimum atomic E-state index is -1.06. The molecule has 0 bridgehead atoms. The summed E-state index contributed by atoms with van der Waals surface area (Å²) in [6, 6.07) is 9.42. The zero-order valence-corrected chi connectivity index (χ0v) is 12.2. The summed E-state index contributed by atoms with van der Waals surface area (Å²) in [7, 11) is 3.02. The summed E-state index contributed by atoms with van der Waals surface area (Å²) in [4.78, 5) is 10.9. The number of carbonyl (C=O) groups is 1. The maximum Gasteiger partial charge on any atom is 0.335 e. The second-order valence-electron chi connectivity index (χ2n) is 4.04. The van der Waals surface area contributed by atoms with Gasteiger partial charge in [0, 0.05) is 0 Å². The number of para-hydroxylation sites is 1. The first-order chi connectivity index (χ1) is 10.1. The quantitative estimate of drug-likeness (QED) is 0.909. The first-order valence-corrected chi connectivity index (χ1v) is 6.36. The molecule has 2 rings (SSSR count). The van der Waals surface area contributed by atoms with Crippen molar-refractivity contribution in [1.82, 2.24) is 0 Å². The van der Waals surface area contributed by atoms with Crippen LogP contribution in [0.2, 0.25) is 5.02 Å². The molecule has 5 nitrogen and oxygen atoms in total. The van der Waals surface area contributed by atoms with Crippen LogP contribution < -0.4 is 14.2 Å². The fraction of sp³-hybridized carbons (Fsp3) is 0.133. The number of methoxy groups -OCH3 is 2. The molecule has 0 saturated carbocycles. The Labute approximate surface area is 126 Å². The molecule has 1 N–H and O–H groups in total. The standard InChI is InChI=1S/C15H13ClO5/c1-19-12-4-3-5-13(20-2)14(12)21-11-7-6-9(15(17)18)8-10(11)16/h3-8H,1-2H3,(H,17,18). The van der Waals surface area contributed by atoms with Crippen LogP contribution in [0.5, 0.6) is 23.0 Å². The second kappa shape index (κ2) is 6.37. The van der Waals surface area contributed by atoms with Gasteiger partial charge in [-0.25, -0.2) is 4.79 Å². The van der Waals surface area contributed by atoms with Crippen molar-refractivity contribution >= 4 is 17.6 Å². The summed E-state index contributed by atoms with van der Waals surface area (Å²) < 4.78 is 16.2. The van der Waals surface area contributed by atoms with Crippen molar-refractivity contribution in [3.63, 3.8) is 0 Å². The molecule has 0 saturated heterocycles. The van der Waals surface area contributed by atoms with Gasteiger partial charge >= 0.3 is 5.97 Å². The van der Waals surface area contributed by atoms with Crippen LogP contribution in [0.25, 0.3) is 0 Å². The van der Waals surface area contributed by atoms with Crippen molar-refractivity contribution in [1.29, 1.82) is 0 Å². The van der Waals surface area contributed by atoms with Crippen LogP contribution in [0, 0.1) is 0 Å². The Hall–Kier alpha value is -2.40. The molecule has 0 fully saturated rings. The van der Waals surface area contributed by atoms with E-state index in [1.165, 1.54) is 32.4 Å². The van der Waals surface area contributed by atoms with Gasteiger partial charge in [0.15, 0.2) is 11.5 Å². The van der Waals surface area contributed by atoms with Gasteiger partial charge in [0.25, 0.3) is 0 Å². The van der Waals surface area contributed by atoms with Gasteiger partial charge in [-0.15, -0.1) is 0 Å². The first kappa shape index (κ1) is 15.0. The normalized spacial score (nSPS) is 10.0. The van der Waals surface area contributed by atoms with E-state index in [1.54, 1.807) is 18.2 Å². The van der Waals surface area contributed by atoms with Crippen molar-refractivity contribution in [3.8, 4) is 23.0 Å². The molecule has 21 heavy (non-hydrogen) atoms. The average Bonchev–Trinajstić information content (AvgIpc) is 2.49. The monoisotopic (exact) mass is 308 g/mol. The Morgan fingerprint density at radius 1 is 1.05 bits per heavy atom. The molecule has 0 aliphatic carbocycles. The molecule has 0 amide bonds. The number of hydrogen-bond acceptors (Lipinski definition) is 4. The predicted octanol–water partition coefficient (Wildman–Crippen LogP) is 3.85. The molecule has 0 aliphatic rings. The predicted molar refractivity (Wildman–Crippen MR) is 78.0 cm³/mol. The summed E-state index contributed by atoms with van der Waals surface area (Å²) in [5, 5.41) is 9.10. The van der Waals surface area contributed by atoms with E-state index in [2.05, 4.69) is 0 Å². The van der Waals surface area contributed by atoms with Gasteiger partial charge in [-0.1, -0.05) is 17.7 Å². The number of ether oxygens (including phenoxy) is 3. The zero-order valence-electron chi connectivity index (χ0n) is 11.4. The molecule has 0 unspecified atom stereocenters.